The van der Waals surface area contributed by atoms with Gasteiger partial charge in [0.05, 0.1) is 12.1 Å². The van der Waals surface area contributed by atoms with Gasteiger partial charge in [0.25, 0.3) is 0 Å². The van der Waals surface area contributed by atoms with Crippen LogP contribution in [0.2, 0.25) is 0 Å². The van der Waals surface area contributed by atoms with Crippen LogP contribution in [0.4, 0.5) is 0 Å². The number of fused-ring (bicyclic) bond motifs is 1. The molecule has 1 heterocycles. The number of aliphatic hydroxyl groups is 1. The third-order valence-electron chi connectivity index (χ3n) is 4.40. The van der Waals surface area contributed by atoms with Crippen molar-refractivity contribution < 1.29 is 15.0 Å². The van der Waals surface area contributed by atoms with Crippen molar-refractivity contribution in [3.63, 3.8) is 0 Å². The first kappa shape index (κ1) is 12.7. The summed E-state index contributed by atoms with van der Waals surface area (Å²) in [6.45, 7) is 0. The lowest BCUT2D eigenvalue weighted by molar-refractivity contribution is 0.0686. The molecule has 0 spiro atoms. The van der Waals surface area contributed by atoms with Crippen molar-refractivity contribution in [2.45, 2.75) is 63.5 Å². The highest BCUT2D eigenvalue weighted by Gasteiger charge is 2.30. The molecule has 2 aliphatic rings. The van der Waals surface area contributed by atoms with E-state index >= 15 is 0 Å². The molecule has 1 atom stereocenters. The number of hydrogen-bond acceptors (Lipinski definition) is 3. The van der Waals surface area contributed by atoms with E-state index < -0.39 is 12.1 Å². The summed E-state index contributed by atoms with van der Waals surface area (Å²) in [5.74, 6) is -0.972. The molecule has 1 unspecified atom stereocenters. The molecular formula is C14H20N2O3. The normalized spacial score (nSPS) is 24.2. The van der Waals surface area contributed by atoms with Crippen molar-refractivity contribution in [1.82, 2.24) is 9.78 Å². The van der Waals surface area contributed by atoms with Gasteiger partial charge in [0.15, 0.2) is 5.69 Å². The van der Waals surface area contributed by atoms with Gasteiger partial charge >= 0.3 is 5.97 Å². The van der Waals surface area contributed by atoms with E-state index in [0.29, 0.717) is 18.9 Å². The predicted molar refractivity (Wildman–Crippen MR) is 69.3 cm³/mol. The summed E-state index contributed by atoms with van der Waals surface area (Å²) >= 11 is 0. The summed E-state index contributed by atoms with van der Waals surface area (Å²) < 4.78 is 1.96. The molecule has 5 nitrogen and oxygen atoms in total. The average molecular weight is 264 g/mol. The number of hydrogen-bond donors (Lipinski definition) is 2. The summed E-state index contributed by atoms with van der Waals surface area (Å²) in [6, 6.07) is 0.353. The van der Waals surface area contributed by atoms with Crippen LogP contribution in [-0.4, -0.2) is 32.1 Å². The summed E-state index contributed by atoms with van der Waals surface area (Å²) in [4.78, 5) is 11.3. The molecule has 3 rings (SSSR count). The van der Waals surface area contributed by atoms with Crippen LogP contribution < -0.4 is 0 Å². The summed E-state index contributed by atoms with van der Waals surface area (Å²) in [5, 5.41) is 23.4. The molecule has 1 aromatic heterocycles. The fraction of sp³-hybridized carbons (Fsp3) is 0.714. The molecular weight excluding hydrogens is 244 g/mol. The van der Waals surface area contributed by atoms with Crippen molar-refractivity contribution in [2.75, 3.05) is 0 Å². The second-order valence-corrected chi connectivity index (χ2v) is 5.71. The molecule has 0 aromatic carbocycles. The van der Waals surface area contributed by atoms with E-state index in [1.54, 1.807) is 0 Å². The van der Waals surface area contributed by atoms with Gasteiger partial charge in [-0.3, -0.25) is 4.68 Å². The minimum Gasteiger partial charge on any atom is -0.476 e. The highest BCUT2D eigenvalue weighted by Crippen LogP contribution is 2.33. The van der Waals surface area contributed by atoms with Gasteiger partial charge in [-0.15, -0.1) is 0 Å². The van der Waals surface area contributed by atoms with Crippen molar-refractivity contribution in [1.29, 1.82) is 0 Å². The lowest BCUT2D eigenvalue weighted by atomic mass is 9.91. The number of rotatable bonds is 2. The van der Waals surface area contributed by atoms with Crippen LogP contribution in [0.25, 0.3) is 0 Å². The van der Waals surface area contributed by atoms with Crippen LogP contribution in [0.5, 0.6) is 0 Å². The highest BCUT2D eigenvalue weighted by atomic mass is 16.4. The van der Waals surface area contributed by atoms with Crippen LogP contribution in [0.3, 0.4) is 0 Å². The Morgan fingerprint density at radius 1 is 1.21 bits per heavy atom. The summed E-state index contributed by atoms with van der Waals surface area (Å²) in [6.07, 6.45) is 7.32. The fourth-order valence-electron chi connectivity index (χ4n) is 3.42. The molecule has 2 N–H and O–H groups in total. The number of carboxylic acid groups (broad SMARTS) is 1. The van der Waals surface area contributed by atoms with E-state index in [1.165, 1.54) is 19.3 Å². The van der Waals surface area contributed by atoms with E-state index in [4.69, 9.17) is 0 Å². The lowest BCUT2D eigenvalue weighted by Gasteiger charge is -2.26. The van der Waals surface area contributed by atoms with Gasteiger partial charge in [-0.1, -0.05) is 19.3 Å². The molecule has 1 saturated carbocycles. The van der Waals surface area contributed by atoms with Crippen molar-refractivity contribution >= 4 is 5.97 Å². The Bertz CT molecular complexity index is 489. The van der Waals surface area contributed by atoms with Crippen molar-refractivity contribution in [3.05, 3.63) is 17.0 Å². The van der Waals surface area contributed by atoms with Gasteiger partial charge in [0.1, 0.15) is 0 Å². The number of aromatic carboxylic acids is 1. The van der Waals surface area contributed by atoms with Crippen LogP contribution in [0.1, 0.15) is 66.3 Å². The number of aliphatic hydroxyl groups excluding tert-OH is 1. The monoisotopic (exact) mass is 264 g/mol. The first-order valence-electron chi connectivity index (χ1n) is 7.18. The van der Waals surface area contributed by atoms with Crippen LogP contribution in [0, 0.1) is 0 Å². The van der Waals surface area contributed by atoms with Gasteiger partial charge in [-0.2, -0.15) is 5.10 Å². The van der Waals surface area contributed by atoms with Crippen LogP contribution >= 0.6 is 0 Å². The Morgan fingerprint density at radius 2 is 1.95 bits per heavy atom. The van der Waals surface area contributed by atoms with E-state index in [0.717, 1.165) is 30.5 Å². The Labute approximate surface area is 112 Å². The lowest BCUT2D eigenvalue weighted by Crippen LogP contribution is -2.23. The Morgan fingerprint density at radius 3 is 2.63 bits per heavy atom. The minimum atomic E-state index is -0.972. The zero-order chi connectivity index (χ0) is 13.4. The largest absolute Gasteiger partial charge is 0.476 e. The number of aromatic nitrogens is 2. The van der Waals surface area contributed by atoms with E-state index in [1.807, 2.05) is 4.68 Å². The zero-order valence-electron chi connectivity index (χ0n) is 11.0. The molecule has 0 bridgehead atoms. The van der Waals surface area contributed by atoms with Crippen LogP contribution in [0.15, 0.2) is 0 Å². The topological polar surface area (TPSA) is 75.3 Å². The number of carboxylic acids is 1. The standard InChI is InChI=1S/C14H20N2O3/c17-10-6-7-12-11(8-10)13(14(18)19)15-16(12)9-4-2-1-3-5-9/h9-10,17H,1-8H2,(H,18,19). The molecule has 0 aliphatic heterocycles. The van der Waals surface area contributed by atoms with Gasteiger partial charge in [0.2, 0.25) is 0 Å². The average Bonchev–Trinajstić information content (AvgIpc) is 2.78. The Kier molecular flexibility index (Phi) is 3.31. The molecule has 0 saturated heterocycles. The highest BCUT2D eigenvalue weighted by molar-refractivity contribution is 5.87. The second-order valence-electron chi connectivity index (χ2n) is 5.71. The van der Waals surface area contributed by atoms with Gasteiger partial charge < -0.3 is 10.2 Å². The maximum atomic E-state index is 11.3. The minimum absolute atomic E-state index is 0.152. The molecule has 1 aromatic rings. The smallest absolute Gasteiger partial charge is 0.356 e. The first-order valence-corrected chi connectivity index (χ1v) is 7.18. The summed E-state index contributed by atoms with van der Waals surface area (Å²) in [7, 11) is 0. The quantitative estimate of drug-likeness (QED) is 0.856. The molecule has 0 radical (unpaired) electrons. The third kappa shape index (κ3) is 2.27. The van der Waals surface area contributed by atoms with E-state index in [2.05, 4.69) is 5.10 Å². The van der Waals surface area contributed by atoms with Crippen molar-refractivity contribution in [2.24, 2.45) is 0 Å². The van der Waals surface area contributed by atoms with Gasteiger partial charge in [-0.25, -0.2) is 4.79 Å². The van der Waals surface area contributed by atoms with Crippen LogP contribution in [-0.2, 0) is 12.8 Å². The molecule has 104 valence electrons. The SMILES string of the molecule is O=C(O)c1nn(C2CCCCC2)c2c1CC(O)CC2. The summed E-state index contributed by atoms with van der Waals surface area (Å²) in [5.41, 5.74) is 1.96. The van der Waals surface area contributed by atoms with E-state index in [-0.39, 0.29) is 5.69 Å². The van der Waals surface area contributed by atoms with E-state index in [9.17, 15) is 15.0 Å². The Hall–Kier alpha value is -1.36. The second kappa shape index (κ2) is 4.96. The molecule has 5 heteroatoms. The molecule has 19 heavy (non-hydrogen) atoms. The maximum Gasteiger partial charge on any atom is 0.356 e. The molecule has 0 amide bonds. The van der Waals surface area contributed by atoms with Gasteiger partial charge in [-0.05, 0) is 25.7 Å². The molecule has 1 fully saturated rings. The third-order valence-corrected chi connectivity index (χ3v) is 4.40. The van der Waals surface area contributed by atoms with Crippen molar-refractivity contribution in [3.8, 4) is 0 Å². The maximum absolute atomic E-state index is 11.3. The zero-order valence-corrected chi connectivity index (χ0v) is 11.0. The van der Waals surface area contributed by atoms with Gasteiger partial charge in [0, 0.05) is 17.7 Å². The predicted octanol–water partition coefficient (Wildman–Crippen LogP) is 1.94. The Balaban J connectivity index is 2.00. The number of carbonyl (C=O) groups is 1. The number of nitrogens with zero attached hydrogens (tertiary/aromatic N) is 2. The fourth-order valence-corrected chi connectivity index (χ4v) is 3.42. The first-order chi connectivity index (χ1) is 9.16. The molecule has 2 aliphatic carbocycles.